The Morgan fingerprint density at radius 2 is 2.25 bits per heavy atom. The maximum Gasteiger partial charge on any atom is 0.419 e. The number of carbonyl (C=O) groups excluding carboxylic acids is 1. The van der Waals surface area contributed by atoms with Crippen molar-refractivity contribution in [1.29, 1.82) is 0 Å². The molecule has 0 fully saturated rings. The summed E-state index contributed by atoms with van der Waals surface area (Å²) in [5.74, 6) is 0. The van der Waals surface area contributed by atoms with Gasteiger partial charge in [-0.25, -0.2) is 14.3 Å². The van der Waals surface area contributed by atoms with Gasteiger partial charge >= 0.3 is 6.09 Å². The number of rotatable bonds is 0. The van der Waals surface area contributed by atoms with Gasteiger partial charge in [0.25, 0.3) is 0 Å². The third-order valence-electron chi connectivity index (χ3n) is 1.84. The summed E-state index contributed by atoms with van der Waals surface area (Å²) < 4.78 is 6.69. The summed E-state index contributed by atoms with van der Waals surface area (Å²) in [5, 5.41) is 0.447. The smallest absolute Gasteiger partial charge is 0.419 e. The van der Waals surface area contributed by atoms with E-state index in [2.05, 4.69) is 4.98 Å². The van der Waals surface area contributed by atoms with Crippen LogP contribution in [0.15, 0.2) is 12.3 Å². The first-order chi connectivity index (χ1) is 7.37. The van der Waals surface area contributed by atoms with E-state index in [1.807, 2.05) is 20.8 Å². The first-order valence-electron chi connectivity index (χ1n) is 4.83. The fourth-order valence-electron chi connectivity index (χ4n) is 1.29. The van der Waals surface area contributed by atoms with Crippen LogP contribution in [0, 0.1) is 0 Å². The van der Waals surface area contributed by atoms with Crippen LogP contribution in [-0.4, -0.2) is 21.2 Å². The van der Waals surface area contributed by atoms with E-state index >= 15 is 0 Å². The van der Waals surface area contributed by atoms with Crippen molar-refractivity contribution in [2.24, 2.45) is 0 Å². The molecule has 0 spiro atoms. The number of thiazole rings is 1. The molecule has 2 N–H and O–H groups in total. The molecule has 0 aliphatic rings. The summed E-state index contributed by atoms with van der Waals surface area (Å²) in [6.45, 7) is 5.48. The number of nitrogens with two attached hydrogens (primary N) is 1. The molecule has 0 aliphatic carbocycles. The number of ether oxygens (including phenoxy) is 1. The van der Waals surface area contributed by atoms with Crippen LogP contribution in [0.3, 0.4) is 0 Å². The summed E-state index contributed by atoms with van der Waals surface area (Å²) in [6, 6.07) is 1.74. The minimum atomic E-state index is -0.510. The molecule has 5 nitrogen and oxygen atoms in total. The molecule has 0 saturated heterocycles. The van der Waals surface area contributed by atoms with Gasteiger partial charge in [-0.2, -0.15) is 0 Å². The van der Waals surface area contributed by atoms with Gasteiger partial charge in [0.2, 0.25) is 0 Å². The number of fused-ring (bicyclic) bond motifs is 1. The van der Waals surface area contributed by atoms with Crippen molar-refractivity contribution in [1.82, 2.24) is 9.55 Å². The molecule has 2 aromatic heterocycles. The van der Waals surface area contributed by atoms with E-state index in [4.69, 9.17) is 10.5 Å². The molecule has 16 heavy (non-hydrogen) atoms. The highest BCUT2D eigenvalue weighted by Gasteiger charge is 2.20. The average molecular weight is 239 g/mol. The molecule has 2 rings (SSSR count). The molecule has 2 aromatic rings. The number of nitrogen functional groups attached to an aromatic ring is 1. The Balaban J connectivity index is 2.36. The molecule has 0 radical (unpaired) electrons. The molecule has 6 heteroatoms. The summed E-state index contributed by atoms with van der Waals surface area (Å²) in [4.78, 5) is 16.6. The van der Waals surface area contributed by atoms with E-state index in [0.717, 1.165) is 0 Å². The largest absolute Gasteiger partial charge is 0.443 e. The van der Waals surface area contributed by atoms with Crippen LogP contribution in [0.5, 0.6) is 0 Å². The first-order valence-corrected chi connectivity index (χ1v) is 5.65. The number of aromatic nitrogens is 2. The van der Waals surface area contributed by atoms with Gasteiger partial charge in [-0.15, -0.1) is 0 Å². The van der Waals surface area contributed by atoms with E-state index < -0.39 is 11.7 Å². The van der Waals surface area contributed by atoms with Gasteiger partial charge in [0.15, 0.2) is 5.13 Å². The van der Waals surface area contributed by atoms with Gasteiger partial charge in [0, 0.05) is 6.20 Å². The second-order valence-electron chi connectivity index (χ2n) is 4.41. The molecule has 2 heterocycles. The minimum Gasteiger partial charge on any atom is -0.443 e. The lowest BCUT2D eigenvalue weighted by Gasteiger charge is -2.19. The Kier molecular flexibility index (Phi) is 2.38. The lowest BCUT2D eigenvalue weighted by molar-refractivity contribution is 0.0545. The molecular formula is C10H13N3O2S. The van der Waals surface area contributed by atoms with Crippen LogP contribution in [0.2, 0.25) is 0 Å². The maximum atomic E-state index is 11.8. The second-order valence-corrected chi connectivity index (χ2v) is 5.42. The van der Waals surface area contributed by atoms with Crippen molar-refractivity contribution in [3.63, 3.8) is 0 Å². The van der Waals surface area contributed by atoms with Gasteiger partial charge in [-0.1, -0.05) is 11.3 Å². The van der Waals surface area contributed by atoms with E-state index in [0.29, 0.717) is 15.5 Å². The third-order valence-corrected chi connectivity index (χ3v) is 2.74. The molecular weight excluding hydrogens is 226 g/mol. The summed E-state index contributed by atoms with van der Waals surface area (Å²) in [7, 11) is 0. The predicted molar refractivity (Wildman–Crippen MR) is 63.7 cm³/mol. The van der Waals surface area contributed by atoms with Gasteiger partial charge in [-0.3, -0.25) is 0 Å². The Labute approximate surface area is 96.8 Å². The van der Waals surface area contributed by atoms with E-state index in [-0.39, 0.29) is 0 Å². The van der Waals surface area contributed by atoms with E-state index in [1.165, 1.54) is 15.9 Å². The number of hydrogen-bond donors (Lipinski definition) is 1. The Morgan fingerprint density at radius 1 is 1.56 bits per heavy atom. The van der Waals surface area contributed by atoms with Crippen LogP contribution in [0.4, 0.5) is 9.93 Å². The van der Waals surface area contributed by atoms with Crippen LogP contribution in [-0.2, 0) is 4.74 Å². The molecule has 0 aromatic carbocycles. The number of nitrogens with zero attached hydrogens (tertiary/aromatic N) is 2. The fourth-order valence-corrected chi connectivity index (χ4v) is 2.08. The standard InChI is InChI=1S/C10H13N3O2S/c1-10(2,3)15-9(14)13-5-4-6-7(13)16-8(11)12-6/h4-5H,1-3H3,(H2,11,12). The van der Waals surface area contributed by atoms with Crippen LogP contribution < -0.4 is 5.73 Å². The maximum absolute atomic E-state index is 11.8. The third kappa shape index (κ3) is 2.01. The highest BCUT2D eigenvalue weighted by molar-refractivity contribution is 7.21. The normalized spacial score (nSPS) is 11.9. The quantitative estimate of drug-likeness (QED) is 0.766. The topological polar surface area (TPSA) is 70.1 Å². The lowest BCUT2D eigenvalue weighted by atomic mass is 10.2. The van der Waals surface area contributed by atoms with Gasteiger partial charge < -0.3 is 10.5 Å². The molecule has 0 bridgehead atoms. The SMILES string of the molecule is CC(C)(C)OC(=O)n1ccc2nc(N)sc21. The molecule has 0 atom stereocenters. The molecule has 86 valence electrons. The molecule has 0 aliphatic heterocycles. The number of carbonyl (C=O) groups is 1. The number of hydrogen-bond acceptors (Lipinski definition) is 5. The van der Waals surface area contributed by atoms with Crippen molar-refractivity contribution in [3.05, 3.63) is 12.3 Å². The molecule has 0 amide bonds. The average Bonchev–Trinajstić information content (AvgIpc) is 2.58. The zero-order valence-electron chi connectivity index (χ0n) is 9.35. The number of anilines is 1. The van der Waals surface area contributed by atoms with Crippen molar-refractivity contribution >= 4 is 32.9 Å². The van der Waals surface area contributed by atoms with E-state index in [1.54, 1.807) is 12.3 Å². The molecule has 0 saturated carbocycles. The van der Waals surface area contributed by atoms with Gasteiger partial charge in [0.1, 0.15) is 15.9 Å². The van der Waals surface area contributed by atoms with Gasteiger partial charge in [0.05, 0.1) is 0 Å². The Bertz CT molecular complexity index is 536. The predicted octanol–water partition coefficient (Wildman–Crippen LogP) is 2.46. The highest BCUT2D eigenvalue weighted by Crippen LogP contribution is 2.25. The van der Waals surface area contributed by atoms with Crippen molar-refractivity contribution in [2.75, 3.05) is 5.73 Å². The van der Waals surface area contributed by atoms with Crippen LogP contribution in [0.25, 0.3) is 10.3 Å². The Hall–Kier alpha value is -1.56. The summed E-state index contributed by atoms with van der Waals surface area (Å²) >= 11 is 1.27. The van der Waals surface area contributed by atoms with E-state index in [9.17, 15) is 4.79 Å². The zero-order chi connectivity index (χ0) is 11.9. The zero-order valence-corrected chi connectivity index (χ0v) is 10.2. The van der Waals surface area contributed by atoms with Crippen molar-refractivity contribution in [2.45, 2.75) is 26.4 Å². The Morgan fingerprint density at radius 3 is 2.88 bits per heavy atom. The fraction of sp³-hybridized carbons (Fsp3) is 0.400. The van der Waals surface area contributed by atoms with Crippen LogP contribution >= 0.6 is 11.3 Å². The monoisotopic (exact) mass is 239 g/mol. The molecule has 0 unspecified atom stereocenters. The first kappa shape index (κ1) is 10.9. The van der Waals surface area contributed by atoms with Crippen LogP contribution in [0.1, 0.15) is 20.8 Å². The minimum absolute atomic E-state index is 0.411. The van der Waals surface area contributed by atoms with Gasteiger partial charge in [-0.05, 0) is 26.8 Å². The highest BCUT2D eigenvalue weighted by atomic mass is 32.1. The summed E-state index contributed by atoms with van der Waals surface area (Å²) in [6.07, 6.45) is 1.23. The summed E-state index contributed by atoms with van der Waals surface area (Å²) in [5.41, 5.74) is 5.78. The van der Waals surface area contributed by atoms with Crippen molar-refractivity contribution < 1.29 is 9.53 Å². The lowest BCUT2D eigenvalue weighted by Crippen LogP contribution is -2.26. The second kappa shape index (κ2) is 3.48. The van der Waals surface area contributed by atoms with Crippen molar-refractivity contribution in [3.8, 4) is 0 Å².